The van der Waals surface area contributed by atoms with Gasteiger partial charge in [0.15, 0.2) is 0 Å². The van der Waals surface area contributed by atoms with Crippen LogP contribution in [0.3, 0.4) is 0 Å². The molecule has 1 unspecified atom stereocenters. The molecule has 2 aliphatic rings. The molecule has 1 aliphatic heterocycles. The Labute approximate surface area is 133 Å². The fourth-order valence-corrected chi connectivity index (χ4v) is 4.86. The number of piperazine rings is 1. The molecule has 1 atom stereocenters. The SMILES string of the molecule is CC(C)(C)C1CNC2(CCCCC2)CN1Cc1ccsc1. The highest BCUT2D eigenvalue weighted by Gasteiger charge is 2.43. The van der Waals surface area contributed by atoms with Crippen LogP contribution in [0.25, 0.3) is 0 Å². The molecule has 2 fully saturated rings. The third-order valence-electron chi connectivity index (χ3n) is 5.39. The Bertz CT molecular complexity index is 440. The minimum absolute atomic E-state index is 0.333. The molecule has 1 N–H and O–H groups in total. The largest absolute Gasteiger partial charge is 0.308 e. The van der Waals surface area contributed by atoms with E-state index in [2.05, 4.69) is 47.8 Å². The van der Waals surface area contributed by atoms with Gasteiger partial charge in [-0.25, -0.2) is 0 Å². The number of thiophene rings is 1. The Hall–Kier alpha value is -0.380. The fourth-order valence-electron chi connectivity index (χ4n) is 4.20. The van der Waals surface area contributed by atoms with E-state index in [0.717, 1.165) is 13.1 Å². The van der Waals surface area contributed by atoms with Crippen molar-refractivity contribution in [2.75, 3.05) is 13.1 Å². The smallest absolute Gasteiger partial charge is 0.0309 e. The summed E-state index contributed by atoms with van der Waals surface area (Å²) in [5.74, 6) is 0. The molecule has 1 aromatic rings. The molecular weight excluding hydrogens is 276 g/mol. The average molecular weight is 307 g/mol. The molecular formula is C18H30N2S. The van der Waals surface area contributed by atoms with Crippen LogP contribution in [0, 0.1) is 5.41 Å². The van der Waals surface area contributed by atoms with Crippen LogP contribution in [0.15, 0.2) is 16.8 Å². The molecule has 2 heterocycles. The fraction of sp³-hybridized carbons (Fsp3) is 0.778. The van der Waals surface area contributed by atoms with Gasteiger partial charge in [-0.3, -0.25) is 4.90 Å². The first-order valence-electron chi connectivity index (χ1n) is 8.49. The molecule has 0 aromatic carbocycles. The molecule has 0 radical (unpaired) electrons. The van der Waals surface area contributed by atoms with Crippen LogP contribution in [0.4, 0.5) is 0 Å². The van der Waals surface area contributed by atoms with Gasteiger partial charge in [-0.15, -0.1) is 0 Å². The molecule has 1 saturated heterocycles. The summed E-state index contributed by atoms with van der Waals surface area (Å²) >= 11 is 1.82. The van der Waals surface area contributed by atoms with Crippen LogP contribution in [0.2, 0.25) is 0 Å². The average Bonchev–Trinajstić information content (AvgIpc) is 2.91. The topological polar surface area (TPSA) is 15.3 Å². The van der Waals surface area contributed by atoms with E-state index < -0.39 is 0 Å². The molecule has 2 nitrogen and oxygen atoms in total. The summed E-state index contributed by atoms with van der Waals surface area (Å²) in [5.41, 5.74) is 2.22. The predicted molar refractivity (Wildman–Crippen MR) is 91.8 cm³/mol. The maximum absolute atomic E-state index is 3.96. The van der Waals surface area contributed by atoms with Crippen LogP contribution in [0.5, 0.6) is 0 Å². The van der Waals surface area contributed by atoms with E-state index in [-0.39, 0.29) is 0 Å². The van der Waals surface area contributed by atoms with E-state index in [9.17, 15) is 0 Å². The Morgan fingerprint density at radius 2 is 2.05 bits per heavy atom. The molecule has 0 amide bonds. The van der Waals surface area contributed by atoms with Crippen molar-refractivity contribution in [1.29, 1.82) is 0 Å². The number of rotatable bonds is 2. The standard InChI is InChI=1S/C18H30N2S/c1-17(2,3)16-11-19-18(8-5-4-6-9-18)14-20(16)12-15-7-10-21-13-15/h7,10,13,16,19H,4-6,8-9,11-12,14H2,1-3H3. The minimum Gasteiger partial charge on any atom is -0.308 e. The van der Waals surface area contributed by atoms with Gasteiger partial charge in [0.2, 0.25) is 0 Å². The number of hydrogen-bond acceptors (Lipinski definition) is 3. The van der Waals surface area contributed by atoms with E-state index in [4.69, 9.17) is 0 Å². The zero-order valence-electron chi connectivity index (χ0n) is 13.8. The predicted octanol–water partition coefficient (Wildman–Crippen LogP) is 4.27. The van der Waals surface area contributed by atoms with Crippen molar-refractivity contribution in [3.05, 3.63) is 22.4 Å². The van der Waals surface area contributed by atoms with Crippen molar-refractivity contribution in [2.45, 2.75) is 71.0 Å². The quantitative estimate of drug-likeness (QED) is 0.878. The molecule has 3 heteroatoms. The lowest BCUT2D eigenvalue weighted by Gasteiger charge is -2.53. The summed E-state index contributed by atoms with van der Waals surface area (Å²) in [4.78, 5) is 2.77. The molecule has 3 rings (SSSR count). The number of nitrogens with one attached hydrogen (secondary N) is 1. The second-order valence-electron chi connectivity index (χ2n) is 8.14. The van der Waals surface area contributed by atoms with Gasteiger partial charge in [-0.05, 0) is 40.6 Å². The molecule has 1 aliphatic carbocycles. The van der Waals surface area contributed by atoms with Crippen molar-refractivity contribution in [1.82, 2.24) is 10.2 Å². The third kappa shape index (κ3) is 3.52. The first-order chi connectivity index (χ1) is 9.99. The second-order valence-corrected chi connectivity index (χ2v) is 8.92. The highest BCUT2D eigenvalue weighted by atomic mass is 32.1. The van der Waals surface area contributed by atoms with Gasteiger partial charge in [0.05, 0.1) is 0 Å². The van der Waals surface area contributed by atoms with E-state index in [0.29, 0.717) is 17.0 Å². The number of hydrogen-bond donors (Lipinski definition) is 1. The van der Waals surface area contributed by atoms with E-state index in [1.807, 2.05) is 11.3 Å². The first kappa shape index (κ1) is 15.5. The Morgan fingerprint density at radius 1 is 1.29 bits per heavy atom. The summed E-state index contributed by atoms with van der Waals surface area (Å²) < 4.78 is 0. The highest BCUT2D eigenvalue weighted by Crippen LogP contribution is 2.36. The highest BCUT2D eigenvalue weighted by molar-refractivity contribution is 7.07. The normalized spacial score (nSPS) is 27.1. The first-order valence-corrected chi connectivity index (χ1v) is 9.43. The van der Waals surface area contributed by atoms with Crippen molar-refractivity contribution in [3.63, 3.8) is 0 Å². The molecule has 1 spiro atoms. The van der Waals surface area contributed by atoms with Crippen LogP contribution in [-0.2, 0) is 6.54 Å². The van der Waals surface area contributed by atoms with Gasteiger partial charge in [0, 0.05) is 31.2 Å². The molecule has 118 valence electrons. The van der Waals surface area contributed by atoms with Crippen molar-refractivity contribution < 1.29 is 0 Å². The minimum atomic E-state index is 0.333. The summed E-state index contributed by atoms with van der Waals surface area (Å²) in [6, 6.07) is 2.92. The van der Waals surface area contributed by atoms with Gasteiger partial charge in [-0.1, -0.05) is 40.0 Å². The van der Waals surface area contributed by atoms with E-state index in [1.54, 1.807) is 0 Å². The summed E-state index contributed by atoms with van der Waals surface area (Å²) in [6.07, 6.45) is 6.96. The molecule has 21 heavy (non-hydrogen) atoms. The van der Waals surface area contributed by atoms with Gasteiger partial charge in [0.25, 0.3) is 0 Å². The maximum atomic E-state index is 3.96. The molecule has 1 saturated carbocycles. The van der Waals surface area contributed by atoms with Crippen LogP contribution < -0.4 is 5.32 Å². The van der Waals surface area contributed by atoms with Gasteiger partial charge >= 0.3 is 0 Å². The van der Waals surface area contributed by atoms with Crippen LogP contribution in [0.1, 0.15) is 58.4 Å². The van der Waals surface area contributed by atoms with E-state index >= 15 is 0 Å². The van der Waals surface area contributed by atoms with E-state index in [1.165, 1.54) is 44.2 Å². The van der Waals surface area contributed by atoms with Crippen LogP contribution in [-0.4, -0.2) is 29.6 Å². The maximum Gasteiger partial charge on any atom is 0.0309 e. The Morgan fingerprint density at radius 3 is 2.67 bits per heavy atom. The summed E-state index contributed by atoms with van der Waals surface area (Å²) in [6.45, 7) is 10.7. The zero-order valence-corrected chi connectivity index (χ0v) is 14.6. The zero-order chi connectivity index (χ0) is 14.9. The third-order valence-corrected chi connectivity index (χ3v) is 6.13. The summed E-state index contributed by atoms with van der Waals surface area (Å²) in [7, 11) is 0. The monoisotopic (exact) mass is 306 g/mol. The lowest BCUT2D eigenvalue weighted by Crippen LogP contribution is -2.66. The Balaban J connectivity index is 1.77. The van der Waals surface area contributed by atoms with Crippen molar-refractivity contribution in [3.8, 4) is 0 Å². The number of nitrogens with zero attached hydrogens (tertiary/aromatic N) is 1. The summed E-state index contributed by atoms with van der Waals surface area (Å²) in [5, 5.41) is 8.48. The van der Waals surface area contributed by atoms with Crippen LogP contribution >= 0.6 is 11.3 Å². The van der Waals surface area contributed by atoms with Gasteiger partial charge in [0.1, 0.15) is 0 Å². The lowest BCUT2D eigenvalue weighted by molar-refractivity contribution is 0.00315. The Kier molecular flexibility index (Phi) is 4.45. The van der Waals surface area contributed by atoms with Crippen molar-refractivity contribution in [2.24, 2.45) is 5.41 Å². The van der Waals surface area contributed by atoms with Gasteiger partial charge in [-0.2, -0.15) is 11.3 Å². The second kappa shape index (κ2) is 6.02. The molecule has 1 aromatic heterocycles. The molecule has 0 bridgehead atoms. The van der Waals surface area contributed by atoms with Gasteiger partial charge < -0.3 is 5.32 Å². The van der Waals surface area contributed by atoms with Crippen molar-refractivity contribution >= 4 is 11.3 Å². The lowest BCUT2D eigenvalue weighted by atomic mass is 9.76.